The molecule has 2 aromatic rings. The van der Waals surface area contributed by atoms with Crippen molar-refractivity contribution in [1.29, 1.82) is 0 Å². The number of rotatable bonds is 11. The summed E-state index contributed by atoms with van der Waals surface area (Å²) in [7, 11) is 0. The lowest BCUT2D eigenvalue weighted by Crippen LogP contribution is -2.73. The fraction of sp³-hybridized carbons (Fsp3) is 0.559. The lowest BCUT2D eigenvalue weighted by atomic mass is 9.79. The van der Waals surface area contributed by atoms with Crippen LogP contribution in [0.4, 0.5) is 0 Å². The molecular formula is C34H46ClN3O5. The predicted molar refractivity (Wildman–Crippen MR) is 169 cm³/mol. The Morgan fingerprint density at radius 2 is 1.72 bits per heavy atom. The number of likely N-dealkylation sites (tertiary alicyclic amines) is 1. The minimum Gasteiger partial charge on any atom is -0.478 e. The molecule has 2 amide bonds. The minimum absolute atomic E-state index is 0. The van der Waals surface area contributed by atoms with Gasteiger partial charge in [0.25, 0.3) is 0 Å². The van der Waals surface area contributed by atoms with Crippen molar-refractivity contribution in [3.8, 4) is 11.5 Å². The Labute approximate surface area is 261 Å². The number of halogens is 1. The van der Waals surface area contributed by atoms with Crippen molar-refractivity contribution in [2.24, 2.45) is 5.92 Å². The molecule has 2 saturated heterocycles. The quantitative estimate of drug-likeness (QED) is 0.320. The number of piperidine rings is 1. The zero-order chi connectivity index (χ0) is 29.5. The third-order valence-corrected chi connectivity index (χ3v) is 9.47. The van der Waals surface area contributed by atoms with E-state index >= 15 is 0 Å². The molecular weight excluding hydrogens is 566 g/mol. The summed E-state index contributed by atoms with van der Waals surface area (Å²) >= 11 is 0. The van der Waals surface area contributed by atoms with Crippen molar-refractivity contribution in [1.82, 2.24) is 15.1 Å². The summed E-state index contributed by atoms with van der Waals surface area (Å²) in [6, 6.07) is 14.0. The Kier molecular flexibility index (Phi) is 11.5. The number of carboxylic acids is 1. The summed E-state index contributed by atoms with van der Waals surface area (Å²) in [4.78, 5) is 43.0. The van der Waals surface area contributed by atoms with E-state index in [0.717, 1.165) is 50.9 Å². The molecule has 2 aromatic carbocycles. The molecule has 3 fully saturated rings. The van der Waals surface area contributed by atoms with Crippen LogP contribution in [0, 0.1) is 5.92 Å². The molecule has 0 unspecified atom stereocenters. The molecule has 2 heterocycles. The molecule has 1 aliphatic carbocycles. The second-order valence-electron chi connectivity index (χ2n) is 12.3. The molecule has 1 saturated carbocycles. The van der Waals surface area contributed by atoms with Crippen LogP contribution < -0.4 is 10.1 Å². The van der Waals surface area contributed by atoms with Gasteiger partial charge in [0.15, 0.2) is 0 Å². The Balaban J connectivity index is 0.00000423. The SMILES string of the molecule is CCCCN1C(=O)[C@H](CC2CCCCC2)NC(=O)C12CCN(CCc1cccc(Oc3ccc(C(=O)O)cc3)c1)CC2.Cl. The number of nitrogens with one attached hydrogen (secondary N) is 1. The highest BCUT2D eigenvalue weighted by Gasteiger charge is 2.53. The Hall–Kier alpha value is -3.10. The number of aromatic carboxylic acids is 1. The Morgan fingerprint density at radius 3 is 2.40 bits per heavy atom. The second kappa shape index (κ2) is 15.1. The van der Waals surface area contributed by atoms with E-state index in [1.54, 1.807) is 12.1 Å². The van der Waals surface area contributed by atoms with Gasteiger partial charge in [0, 0.05) is 26.2 Å². The van der Waals surface area contributed by atoms with E-state index in [1.807, 2.05) is 23.1 Å². The first-order valence-electron chi connectivity index (χ1n) is 15.8. The second-order valence-corrected chi connectivity index (χ2v) is 12.3. The van der Waals surface area contributed by atoms with Crippen molar-refractivity contribution in [2.75, 3.05) is 26.2 Å². The summed E-state index contributed by atoms with van der Waals surface area (Å²) in [6.45, 7) is 5.22. The van der Waals surface area contributed by atoms with Crippen molar-refractivity contribution in [3.05, 3.63) is 59.7 Å². The van der Waals surface area contributed by atoms with Gasteiger partial charge in [-0.2, -0.15) is 0 Å². The maximum Gasteiger partial charge on any atom is 0.335 e. The van der Waals surface area contributed by atoms with Gasteiger partial charge in [-0.15, -0.1) is 12.4 Å². The molecule has 43 heavy (non-hydrogen) atoms. The summed E-state index contributed by atoms with van der Waals surface area (Å²) in [6.07, 6.45) is 11.0. The van der Waals surface area contributed by atoms with Gasteiger partial charge in [-0.25, -0.2) is 4.79 Å². The summed E-state index contributed by atoms with van der Waals surface area (Å²) in [5.74, 6) is 1.07. The molecule has 2 N–H and O–H groups in total. The van der Waals surface area contributed by atoms with Crippen LogP contribution in [-0.2, 0) is 16.0 Å². The Morgan fingerprint density at radius 1 is 1.00 bits per heavy atom. The smallest absolute Gasteiger partial charge is 0.335 e. The van der Waals surface area contributed by atoms with E-state index in [-0.39, 0.29) is 35.8 Å². The molecule has 1 atom stereocenters. The summed E-state index contributed by atoms with van der Waals surface area (Å²) in [5, 5.41) is 12.3. The van der Waals surface area contributed by atoms with Gasteiger partial charge in [0.05, 0.1) is 5.56 Å². The van der Waals surface area contributed by atoms with Gasteiger partial charge in [-0.05, 0) is 80.0 Å². The number of benzene rings is 2. The van der Waals surface area contributed by atoms with Crippen LogP contribution in [0.3, 0.4) is 0 Å². The number of carbonyl (C=O) groups excluding carboxylic acids is 2. The van der Waals surface area contributed by atoms with Crippen LogP contribution in [0.15, 0.2) is 48.5 Å². The van der Waals surface area contributed by atoms with Crippen LogP contribution in [0.1, 0.15) is 87.1 Å². The van der Waals surface area contributed by atoms with Crippen molar-refractivity contribution in [3.63, 3.8) is 0 Å². The van der Waals surface area contributed by atoms with E-state index < -0.39 is 11.5 Å². The molecule has 0 aromatic heterocycles. The van der Waals surface area contributed by atoms with Crippen LogP contribution in [0.25, 0.3) is 0 Å². The van der Waals surface area contributed by atoms with Gasteiger partial charge in [-0.1, -0.05) is 57.6 Å². The normalized spacial score (nSPS) is 20.9. The first kappa shape index (κ1) is 32.8. The van der Waals surface area contributed by atoms with Crippen molar-refractivity contribution < 1.29 is 24.2 Å². The summed E-state index contributed by atoms with van der Waals surface area (Å²) < 4.78 is 5.95. The minimum atomic E-state index is -0.963. The van der Waals surface area contributed by atoms with Crippen molar-refractivity contribution in [2.45, 2.75) is 89.1 Å². The number of ether oxygens (including phenoxy) is 1. The molecule has 234 valence electrons. The average molecular weight is 612 g/mol. The highest BCUT2D eigenvalue weighted by Crippen LogP contribution is 2.36. The molecule has 8 nitrogen and oxygen atoms in total. The maximum atomic E-state index is 13.8. The number of amides is 2. The summed E-state index contributed by atoms with van der Waals surface area (Å²) in [5.41, 5.74) is 0.647. The monoisotopic (exact) mass is 611 g/mol. The number of carbonyl (C=O) groups is 3. The van der Waals surface area contributed by atoms with Gasteiger partial charge < -0.3 is 25.0 Å². The van der Waals surface area contributed by atoms with Crippen LogP contribution in [0.5, 0.6) is 11.5 Å². The van der Waals surface area contributed by atoms with Crippen LogP contribution >= 0.6 is 12.4 Å². The standard InChI is InChI=1S/C34H45N3O5.ClH/c1-2-3-19-37-31(38)30(24-25-8-5-4-6-9-25)35-33(41)34(37)17-21-36(22-18-34)20-16-26-10-7-11-29(23-26)42-28-14-12-27(13-15-28)32(39)40;/h7,10-15,23,25,30H,2-6,8-9,16-22,24H2,1H3,(H,35,41)(H,39,40);1H/t30-;/m0./s1. The number of carboxylic acid groups (broad SMARTS) is 1. The maximum absolute atomic E-state index is 13.8. The van der Waals surface area contributed by atoms with Gasteiger partial charge >= 0.3 is 5.97 Å². The molecule has 0 bridgehead atoms. The number of nitrogens with zero attached hydrogens (tertiary/aromatic N) is 2. The van der Waals surface area contributed by atoms with E-state index in [9.17, 15) is 14.4 Å². The van der Waals surface area contributed by atoms with Crippen molar-refractivity contribution >= 4 is 30.2 Å². The third-order valence-electron chi connectivity index (χ3n) is 9.47. The number of hydrogen-bond acceptors (Lipinski definition) is 5. The highest BCUT2D eigenvalue weighted by molar-refractivity contribution is 6.00. The highest BCUT2D eigenvalue weighted by atomic mass is 35.5. The number of piperazine rings is 1. The van der Waals surface area contributed by atoms with E-state index in [1.165, 1.54) is 44.2 Å². The molecule has 3 aliphatic rings. The first-order chi connectivity index (χ1) is 20.4. The number of hydrogen-bond donors (Lipinski definition) is 2. The number of unbranched alkanes of at least 4 members (excludes halogenated alkanes) is 1. The molecule has 2 aliphatic heterocycles. The fourth-order valence-corrected chi connectivity index (χ4v) is 6.93. The lowest BCUT2D eigenvalue weighted by Gasteiger charge is -2.52. The van der Waals surface area contributed by atoms with E-state index in [0.29, 0.717) is 36.8 Å². The average Bonchev–Trinajstić information content (AvgIpc) is 3.00. The zero-order valence-corrected chi connectivity index (χ0v) is 26.1. The third kappa shape index (κ3) is 7.90. The van der Waals surface area contributed by atoms with Gasteiger partial charge in [-0.3, -0.25) is 9.59 Å². The lowest BCUT2D eigenvalue weighted by molar-refractivity contribution is -0.161. The topological polar surface area (TPSA) is 99.2 Å². The molecule has 1 spiro atoms. The predicted octanol–water partition coefficient (Wildman–Crippen LogP) is 6.07. The largest absolute Gasteiger partial charge is 0.478 e. The molecule has 5 rings (SSSR count). The van der Waals surface area contributed by atoms with Crippen LogP contribution in [0.2, 0.25) is 0 Å². The van der Waals surface area contributed by atoms with Gasteiger partial charge in [0.1, 0.15) is 23.1 Å². The van der Waals surface area contributed by atoms with E-state index in [4.69, 9.17) is 9.84 Å². The molecule has 0 radical (unpaired) electrons. The van der Waals surface area contributed by atoms with E-state index in [2.05, 4.69) is 23.2 Å². The molecule has 9 heteroatoms. The first-order valence-corrected chi connectivity index (χ1v) is 15.8. The Bertz CT molecular complexity index is 1240. The van der Waals surface area contributed by atoms with Crippen LogP contribution in [-0.4, -0.2) is 70.4 Å². The zero-order valence-electron chi connectivity index (χ0n) is 25.3. The van der Waals surface area contributed by atoms with Gasteiger partial charge in [0.2, 0.25) is 11.8 Å². The fourth-order valence-electron chi connectivity index (χ4n) is 6.93.